The number of anilines is 2. The first-order valence-corrected chi connectivity index (χ1v) is 11.6. The van der Waals surface area contributed by atoms with E-state index in [0.29, 0.717) is 54.0 Å². The van der Waals surface area contributed by atoms with Crippen LogP contribution in [0, 0.1) is 11.7 Å². The Morgan fingerprint density at radius 3 is 2.97 bits per heavy atom. The molecule has 0 spiro atoms. The second-order valence-corrected chi connectivity index (χ2v) is 9.58. The number of ether oxygens (including phenoxy) is 2. The van der Waals surface area contributed by atoms with Crippen molar-refractivity contribution < 1.29 is 18.7 Å². The zero-order chi connectivity index (χ0) is 23.4. The van der Waals surface area contributed by atoms with Gasteiger partial charge in [-0.15, -0.1) is 0 Å². The fraction of sp³-hybridized carbons (Fsp3) is 0.500. The molecule has 178 valence electrons. The van der Waals surface area contributed by atoms with Crippen LogP contribution in [-0.2, 0) is 14.3 Å². The SMILES string of the molecule is CC1(C)COC[C@@H](CNc2cc(-c3cc(NC(=O)[C@@H]4CCCNC4)ncc3Cl)ccc2F)O1. The molecule has 2 aliphatic heterocycles. The first-order valence-electron chi connectivity index (χ1n) is 11.3. The van der Waals surface area contributed by atoms with Crippen LogP contribution in [0.1, 0.15) is 26.7 Å². The van der Waals surface area contributed by atoms with Crippen molar-refractivity contribution in [1.29, 1.82) is 0 Å². The van der Waals surface area contributed by atoms with Gasteiger partial charge in [0.15, 0.2) is 0 Å². The fourth-order valence-corrected chi connectivity index (χ4v) is 4.35. The van der Waals surface area contributed by atoms with E-state index in [0.717, 1.165) is 19.4 Å². The number of carbonyl (C=O) groups is 1. The Balaban J connectivity index is 1.48. The molecule has 4 rings (SSSR count). The molecule has 1 aromatic carbocycles. The summed E-state index contributed by atoms with van der Waals surface area (Å²) in [7, 11) is 0. The molecule has 3 heterocycles. The van der Waals surface area contributed by atoms with Gasteiger partial charge in [0.05, 0.1) is 41.5 Å². The van der Waals surface area contributed by atoms with Gasteiger partial charge in [-0.2, -0.15) is 0 Å². The molecule has 2 aliphatic rings. The third-order valence-corrected chi connectivity index (χ3v) is 6.11. The number of rotatable bonds is 6. The number of benzene rings is 1. The molecule has 3 N–H and O–H groups in total. The van der Waals surface area contributed by atoms with E-state index in [4.69, 9.17) is 21.1 Å². The molecular formula is C24H30ClFN4O3. The molecule has 2 saturated heterocycles. The highest BCUT2D eigenvalue weighted by Crippen LogP contribution is 2.32. The maximum atomic E-state index is 14.5. The standard InChI is InChI=1S/C24H30ClFN4O3/c1-24(2)14-32-13-17(33-24)11-28-21-8-15(5-6-20(21)26)18-9-22(29-12-19(18)25)30-23(31)16-4-3-7-27-10-16/h5-6,8-9,12,16-17,27-28H,3-4,7,10-11,13-14H2,1-2H3,(H,29,30,31)/t16-,17-/m1/s1. The number of aromatic nitrogens is 1. The molecule has 0 saturated carbocycles. The lowest BCUT2D eigenvalue weighted by molar-refractivity contribution is -0.177. The van der Waals surface area contributed by atoms with Gasteiger partial charge in [-0.25, -0.2) is 9.37 Å². The fourth-order valence-electron chi connectivity index (χ4n) is 4.14. The minimum atomic E-state index is -0.377. The molecule has 0 aliphatic carbocycles. The van der Waals surface area contributed by atoms with Crippen LogP contribution in [-0.4, -0.2) is 55.4 Å². The van der Waals surface area contributed by atoms with Gasteiger partial charge < -0.3 is 25.4 Å². The molecule has 2 atom stereocenters. The van der Waals surface area contributed by atoms with Crippen LogP contribution in [0.3, 0.4) is 0 Å². The van der Waals surface area contributed by atoms with Crippen molar-refractivity contribution in [2.75, 3.05) is 43.5 Å². The summed E-state index contributed by atoms with van der Waals surface area (Å²) in [5, 5.41) is 9.66. The van der Waals surface area contributed by atoms with Crippen molar-refractivity contribution in [3.63, 3.8) is 0 Å². The minimum Gasteiger partial charge on any atom is -0.380 e. The lowest BCUT2D eigenvalue weighted by Gasteiger charge is -2.36. The van der Waals surface area contributed by atoms with Crippen LogP contribution in [0.5, 0.6) is 0 Å². The number of carbonyl (C=O) groups excluding carboxylic acids is 1. The average molecular weight is 477 g/mol. The van der Waals surface area contributed by atoms with Gasteiger partial charge in [0.25, 0.3) is 0 Å². The zero-order valence-electron chi connectivity index (χ0n) is 18.9. The summed E-state index contributed by atoms with van der Waals surface area (Å²) in [6.45, 7) is 6.92. The number of nitrogens with one attached hydrogen (secondary N) is 3. The molecule has 33 heavy (non-hydrogen) atoms. The van der Waals surface area contributed by atoms with Crippen molar-refractivity contribution in [3.8, 4) is 11.1 Å². The Labute approximate surface area is 198 Å². The van der Waals surface area contributed by atoms with Gasteiger partial charge in [0.1, 0.15) is 11.6 Å². The monoisotopic (exact) mass is 476 g/mol. The molecule has 2 aromatic rings. The average Bonchev–Trinajstić information content (AvgIpc) is 2.80. The van der Waals surface area contributed by atoms with E-state index in [1.807, 2.05) is 13.8 Å². The molecular weight excluding hydrogens is 447 g/mol. The van der Waals surface area contributed by atoms with E-state index >= 15 is 0 Å². The second-order valence-electron chi connectivity index (χ2n) is 9.17. The van der Waals surface area contributed by atoms with Crippen LogP contribution < -0.4 is 16.0 Å². The predicted octanol–water partition coefficient (Wildman–Crippen LogP) is 4.09. The van der Waals surface area contributed by atoms with Crippen molar-refractivity contribution >= 4 is 29.0 Å². The summed E-state index contributed by atoms with van der Waals surface area (Å²) in [5.41, 5.74) is 1.34. The van der Waals surface area contributed by atoms with Gasteiger partial charge in [-0.1, -0.05) is 17.7 Å². The van der Waals surface area contributed by atoms with Gasteiger partial charge >= 0.3 is 0 Å². The first-order chi connectivity index (χ1) is 15.8. The maximum absolute atomic E-state index is 14.5. The molecule has 0 bridgehead atoms. The number of pyridine rings is 1. The summed E-state index contributed by atoms with van der Waals surface area (Å²) in [6.07, 6.45) is 3.13. The normalized spacial score (nSPS) is 22.5. The van der Waals surface area contributed by atoms with Crippen molar-refractivity contribution in [3.05, 3.63) is 41.3 Å². The van der Waals surface area contributed by atoms with Crippen molar-refractivity contribution in [2.45, 2.75) is 38.4 Å². The van der Waals surface area contributed by atoms with E-state index in [1.54, 1.807) is 18.2 Å². The van der Waals surface area contributed by atoms with Gasteiger partial charge in [0, 0.05) is 24.8 Å². The maximum Gasteiger partial charge on any atom is 0.229 e. The number of nitrogens with zero attached hydrogens (tertiary/aromatic N) is 1. The van der Waals surface area contributed by atoms with E-state index in [1.165, 1.54) is 12.3 Å². The molecule has 0 unspecified atom stereocenters. The molecule has 1 aromatic heterocycles. The number of hydrogen-bond acceptors (Lipinski definition) is 6. The predicted molar refractivity (Wildman–Crippen MR) is 127 cm³/mol. The van der Waals surface area contributed by atoms with Gasteiger partial charge in [0.2, 0.25) is 5.91 Å². The van der Waals surface area contributed by atoms with Crippen molar-refractivity contribution in [1.82, 2.24) is 10.3 Å². The number of amides is 1. The molecule has 2 fully saturated rings. The van der Waals surface area contributed by atoms with Crippen LogP contribution in [0.2, 0.25) is 5.02 Å². The highest BCUT2D eigenvalue weighted by atomic mass is 35.5. The number of halogens is 2. The summed E-state index contributed by atoms with van der Waals surface area (Å²) in [5.74, 6) is -0.114. The summed E-state index contributed by atoms with van der Waals surface area (Å²) in [4.78, 5) is 16.8. The third kappa shape index (κ3) is 6.20. The Morgan fingerprint density at radius 1 is 1.36 bits per heavy atom. The summed E-state index contributed by atoms with van der Waals surface area (Å²) in [6, 6.07) is 6.46. The minimum absolute atomic E-state index is 0.0675. The Hall–Kier alpha value is -2.26. The zero-order valence-corrected chi connectivity index (χ0v) is 19.7. The van der Waals surface area contributed by atoms with E-state index in [9.17, 15) is 9.18 Å². The van der Waals surface area contributed by atoms with Crippen LogP contribution >= 0.6 is 11.6 Å². The molecule has 0 radical (unpaired) electrons. The Kier molecular flexibility index (Phi) is 7.48. The van der Waals surface area contributed by atoms with E-state index in [2.05, 4.69) is 20.9 Å². The van der Waals surface area contributed by atoms with Gasteiger partial charge in [-0.3, -0.25) is 4.79 Å². The van der Waals surface area contributed by atoms with Crippen LogP contribution in [0.15, 0.2) is 30.5 Å². The molecule has 1 amide bonds. The summed E-state index contributed by atoms with van der Waals surface area (Å²) >= 11 is 6.40. The lowest BCUT2D eigenvalue weighted by atomic mass is 9.99. The second kappa shape index (κ2) is 10.3. The molecule has 9 heteroatoms. The molecule has 7 nitrogen and oxygen atoms in total. The third-order valence-electron chi connectivity index (χ3n) is 5.81. The Morgan fingerprint density at radius 2 is 2.21 bits per heavy atom. The van der Waals surface area contributed by atoms with Gasteiger partial charge in [-0.05, 0) is 57.0 Å². The number of hydrogen-bond donors (Lipinski definition) is 3. The number of piperidine rings is 1. The van der Waals surface area contributed by atoms with Crippen LogP contribution in [0.4, 0.5) is 15.9 Å². The first kappa shape index (κ1) is 23.9. The quantitative estimate of drug-likeness (QED) is 0.582. The van der Waals surface area contributed by atoms with Crippen molar-refractivity contribution in [2.24, 2.45) is 5.92 Å². The Bertz CT molecular complexity index is 998. The smallest absolute Gasteiger partial charge is 0.229 e. The topological polar surface area (TPSA) is 84.5 Å². The highest BCUT2D eigenvalue weighted by Gasteiger charge is 2.29. The largest absolute Gasteiger partial charge is 0.380 e. The summed E-state index contributed by atoms with van der Waals surface area (Å²) < 4.78 is 26.1. The lowest BCUT2D eigenvalue weighted by Crippen LogP contribution is -2.45. The highest BCUT2D eigenvalue weighted by molar-refractivity contribution is 6.33. The van der Waals surface area contributed by atoms with E-state index in [-0.39, 0.29) is 29.3 Å². The van der Waals surface area contributed by atoms with E-state index < -0.39 is 0 Å². The van der Waals surface area contributed by atoms with Crippen LogP contribution in [0.25, 0.3) is 11.1 Å².